The number of imidazole rings is 1. The third kappa shape index (κ3) is 2.64. The Hall–Kier alpha value is -2.39. The van der Waals surface area contributed by atoms with Gasteiger partial charge < -0.3 is 4.74 Å². The van der Waals surface area contributed by atoms with Crippen molar-refractivity contribution in [2.75, 3.05) is 6.61 Å². The largest absolute Gasteiger partial charge is 0.447 e. The molecule has 10 heteroatoms. The van der Waals surface area contributed by atoms with Crippen LogP contribution >= 0.6 is 27.5 Å². The first-order valence-corrected chi connectivity index (χ1v) is 9.57. The van der Waals surface area contributed by atoms with Crippen molar-refractivity contribution in [3.63, 3.8) is 0 Å². The van der Waals surface area contributed by atoms with Gasteiger partial charge in [-0.25, -0.2) is 19.4 Å². The van der Waals surface area contributed by atoms with Crippen LogP contribution in [0.1, 0.15) is 18.4 Å². The topological polar surface area (TPSA) is 78.1 Å². The highest BCUT2D eigenvalue weighted by atomic mass is 79.9. The van der Waals surface area contributed by atoms with Crippen molar-refractivity contribution in [3.8, 4) is 17.1 Å². The van der Waals surface area contributed by atoms with Gasteiger partial charge >= 0.3 is 6.09 Å². The van der Waals surface area contributed by atoms with Crippen molar-refractivity contribution >= 4 is 33.6 Å². The van der Waals surface area contributed by atoms with E-state index in [1.807, 2.05) is 29.7 Å². The normalized spacial score (nSPS) is 18.0. The maximum Gasteiger partial charge on any atom is 0.410 e. The Morgan fingerprint density at radius 2 is 2.26 bits per heavy atom. The smallest absolute Gasteiger partial charge is 0.410 e. The summed E-state index contributed by atoms with van der Waals surface area (Å²) in [6, 6.07) is 5.95. The number of benzene rings is 1. The summed E-state index contributed by atoms with van der Waals surface area (Å²) in [6.07, 6.45) is 1.37. The molecular weight excluding hydrogens is 436 g/mol. The highest BCUT2D eigenvalue weighted by Gasteiger charge is 2.32. The quantitative estimate of drug-likeness (QED) is 0.469. The lowest BCUT2D eigenvalue weighted by atomic mass is 10.1. The fourth-order valence-corrected chi connectivity index (χ4v) is 3.98. The molecule has 2 aliphatic rings. The van der Waals surface area contributed by atoms with Gasteiger partial charge in [-0.2, -0.15) is 5.10 Å². The zero-order valence-corrected chi connectivity index (χ0v) is 16.6. The lowest BCUT2D eigenvalue weighted by molar-refractivity contribution is 0.155. The third-order valence-corrected chi connectivity index (χ3v) is 5.62. The lowest BCUT2D eigenvalue weighted by Crippen LogP contribution is -2.31. The molecule has 1 aromatic carbocycles. The number of halogens is 2. The molecule has 0 bridgehead atoms. The Kier molecular flexibility index (Phi) is 3.76. The summed E-state index contributed by atoms with van der Waals surface area (Å²) in [5.74, 6) is 1.28. The van der Waals surface area contributed by atoms with Gasteiger partial charge in [-0.1, -0.05) is 27.5 Å². The number of carbonyl (C=O) groups is 1. The molecule has 4 heterocycles. The van der Waals surface area contributed by atoms with Gasteiger partial charge in [0.25, 0.3) is 0 Å². The second-order valence-corrected chi connectivity index (χ2v) is 7.85. The summed E-state index contributed by atoms with van der Waals surface area (Å²) in [6.45, 7) is 3.07. The monoisotopic (exact) mass is 448 g/mol. The van der Waals surface area contributed by atoms with Crippen LogP contribution in [-0.4, -0.2) is 48.0 Å². The van der Waals surface area contributed by atoms with E-state index in [9.17, 15) is 4.79 Å². The van der Waals surface area contributed by atoms with E-state index >= 15 is 0 Å². The summed E-state index contributed by atoms with van der Waals surface area (Å²) in [5, 5.41) is 5.07. The van der Waals surface area contributed by atoms with E-state index in [4.69, 9.17) is 21.3 Å². The molecule has 1 unspecified atom stereocenters. The fraction of sp³-hybridized carbons (Fsp3) is 0.294. The number of fused-ring (bicyclic) bond motifs is 5. The summed E-state index contributed by atoms with van der Waals surface area (Å²) < 4.78 is 9.78. The van der Waals surface area contributed by atoms with Gasteiger partial charge in [0, 0.05) is 10.0 Å². The van der Waals surface area contributed by atoms with E-state index in [1.165, 1.54) is 0 Å². The van der Waals surface area contributed by atoms with Gasteiger partial charge in [0.15, 0.2) is 16.8 Å². The molecule has 2 aliphatic heterocycles. The van der Waals surface area contributed by atoms with E-state index < -0.39 is 0 Å². The lowest BCUT2D eigenvalue weighted by Gasteiger charge is -2.15. The average Bonchev–Trinajstić information content (AvgIpc) is 3.28. The molecule has 5 rings (SSSR count). The van der Waals surface area contributed by atoms with Crippen molar-refractivity contribution in [2.45, 2.75) is 26.1 Å². The number of nitrogens with zero attached hydrogens (tertiary/aromatic N) is 6. The van der Waals surface area contributed by atoms with Gasteiger partial charge in [0.2, 0.25) is 0 Å². The van der Waals surface area contributed by atoms with Crippen LogP contribution in [0.15, 0.2) is 29.0 Å². The second kappa shape index (κ2) is 6.07. The van der Waals surface area contributed by atoms with E-state index in [0.29, 0.717) is 30.7 Å². The summed E-state index contributed by atoms with van der Waals surface area (Å²) >= 11 is 9.83. The first-order chi connectivity index (χ1) is 13.0. The molecule has 0 saturated carbocycles. The predicted octanol–water partition coefficient (Wildman–Crippen LogP) is 3.25. The van der Waals surface area contributed by atoms with E-state index in [1.54, 1.807) is 15.9 Å². The zero-order chi connectivity index (χ0) is 18.7. The summed E-state index contributed by atoms with van der Waals surface area (Å²) in [5.41, 5.74) is 2.68. The van der Waals surface area contributed by atoms with Gasteiger partial charge in [-0.05, 0) is 25.1 Å². The Morgan fingerprint density at radius 1 is 1.41 bits per heavy atom. The number of aromatic nitrogens is 5. The van der Waals surface area contributed by atoms with E-state index in [0.717, 1.165) is 27.2 Å². The fourth-order valence-electron chi connectivity index (χ4n) is 3.42. The van der Waals surface area contributed by atoms with Crippen LogP contribution < -0.4 is 0 Å². The molecule has 0 N–H and O–H groups in total. The van der Waals surface area contributed by atoms with Gasteiger partial charge in [0.05, 0.1) is 30.5 Å². The van der Waals surface area contributed by atoms with Gasteiger partial charge in [-0.3, -0.25) is 9.47 Å². The molecule has 8 nitrogen and oxygen atoms in total. The van der Waals surface area contributed by atoms with E-state index in [-0.39, 0.29) is 12.1 Å². The Morgan fingerprint density at radius 3 is 3.04 bits per heavy atom. The van der Waals surface area contributed by atoms with Crippen molar-refractivity contribution in [1.29, 1.82) is 0 Å². The van der Waals surface area contributed by atoms with Crippen LogP contribution in [-0.2, 0) is 17.8 Å². The highest BCUT2D eigenvalue weighted by Crippen LogP contribution is 2.34. The van der Waals surface area contributed by atoms with Crippen molar-refractivity contribution < 1.29 is 9.53 Å². The molecule has 1 atom stereocenters. The number of amides is 1. The predicted molar refractivity (Wildman–Crippen MR) is 101 cm³/mol. The summed E-state index contributed by atoms with van der Waals surface area (Å²) in [7, 11) is 0. The minimum absolute atomic E-state index is 0.00175. The first kappa shape index (κ1) is 16.8. The zero-order valence-electron chi connectivity index (χ0n) is 14.3. The van der Waals surface area contributed by atoms with Gasteiger partial charge in [-0.15, -0.1) is 0 Å². The molecule has 0 radical (unpaired) electrons. The molecular formula is C17H14BrClN6O2. The summed E-state index contributed by atoms with van der Waals surface area (Å²) in [4.78, 5) is 22.5. The number of carbonyl (C=O) groups excluding carboxylic acids is 1. The standard InChI is InChI=1S/C17H14BrClN6O2/c1-9-7-27-17(26)23(9)6-14-21-16-11-4-10(18)2-3-12(11)24-8-20-15(19)13(24)5-25(16)22-14/h2-4,8-9H,5-7H2,1H3. The van der Waals surface area contributed by atoms with E-state index in [2.05, 4.69) is 26.0 Å². The number of cyclic esters (lactones) is 1. The number of ether oxygens (including phenoxy) is 1. The van der Waals surface area contributed by atoms with Crippen LogP contribution in [0.2, 0.25) is 5.15 Å². The molecule has 3 aromatic rings. The molecule has 0 aliphatic carbocycles. The van der Waals surface area contributed by atoms with Crippen molar-refractivity contribution in [3.05, 3.63) is 45.7 Å². The minimum atomic E-state index is -0.336. The average molecular weight is 450 g/mol. The molecule has 2 aromatic heterocycles. The Labute approximate surface area is 167 Å². The number of hydrogen-bond donors (Lipinski definition) is 0. The molecule has 1 fully saturated rings. The molecule has 27 heavy (non-hydrogen) atoms. The molecule has 0 spiro atoms. The SMILES string of the molecule is CC1COC(=O)N1Cc1nc2n(n1)Cc1c(Cl)ncn1-c1ccc(Br)cc1-2. The Bertz CT molecular complexity index is 1080. The third-order valence-electron chi connectivity index (χ3n) is 4.82. The van der Waals surface area contributed by atoms with Crippen LogP contribution in [0.5, 0.6) is 0 Å². The molecule has 1 saturated heterocycles. The van der Waals surface area contributed by atoms with Crippen molar-refractivity contribution in [2.24, 2.45) is 0 Å². The maximum absolute atomic E-state index is 11.9. The molecule has 1 amide bonds. The number of rotatable bonds is 2. The van der Waals surface area contributed by atoms with Crippen LogP contribution in [0, 0.1) is 0 Å². The Balaban J connectivity index is 1.63. The van der Waals surface area contributed by atoms with Crippen molar-refractivity contribution in [1.82, 2.24) is 29.2 Å². The van der Waals surface area contributed by atoms with Gasteiger partial charge in [0.1, 0.15) is 12.9 Å². The van der Waals surface area contributed by atoms with Crippen LogP contribution in [0.25, 0.3) is 17.1 Å². The van der Waals surface area contributed by atoms with Crippen LogP contribution in [0.4, 0.5) is 4.79 Å². The first-order valence-electron chi connectivity index (χ1n) is 8.40. The minimum Gasteiger partial charge on any atom is -0.447 e. The van der Waals surface area contributed by atoms with Crippen LogP contribution in [0.3, 0.4) is 0 Å². The highest BCUT2D eigenvalue weighted by molar-refractivity contribution is 9.10. The number of hydrogen-bond acceptors (Lipinski definition) is 5. The molecule has 138 valence electrons. The second-order valence-electron chi connectivity index (χ2n) is 6.58. The maximum atomic E-state index is 11.9.